The summed E-state index contributed by atoms with van der Waals surface area (Å²) in [5.74, 6) is 0. The molecule has 2 saturated heterocycles. The predicted octanol–water partition coefficient (Wildman–Crippen LogP) is 1.24. The van der Waals surface area contributed by atoms with Crippen molar-refractivity contribution in [2.75, 3.05) is 13.1 Å². The van der Waals surface area contributed by atoms with E-state index in [1.165, 1.54) is 12.6 Å². The minimum atomic E-state index is -3.56. The van der Waals surface area contributed by atoms with Crippen LogP contribution in [0.5, 0.6) is 0 Å². The molecular weight excluding hydrogens is 300 g/mol. The van der Waals surface area contributed by atoms with Gasteiger partial charge in [-0.25, -0.2) is 18.1 Å². The second-order valence-electron chi connectivity index (χ2n) is 6.14. The summed E-state index contributed by atoms with van der Waals surface area (Å²) >= 11 is 0. The molecule has 7 heteroatoms. The van der Waals surface area contributed by atoms with Crippen molar-refractivity contribution in [2.24, 2.45) is 0 Å². The maximum Gasteiger partial charge on any atom is 0.258 e. The van der Waals surface area contributed by atoms with Crippen LogP contribution in [0.15, 0.2) is 35.6 Å². The van der Waals surface area contributed by atoms with E-state index in [-0.39, 0.29) is 11.1 Å². The summed E-state index contributed by atoms with van der Waals surface area (Å²) in [6.07, 6.45) is 7.39. The maximum absolute atomic E-state index is 12.8. The molecule has 2 aliphatic heterocycles. The van der Waals surface area contributed by atoms with E-state index in [4.69, 9.17) is 0 Å². The molecule has 1 N–H and O–H groups in total. The van der Waals surface area contributed by atoms with Crippen LogP contribution in [0.4, 0.5) is 0 Å². The van der Waals surface area contributed by atoms with Gasteiger partial charge in [0, 0.05) is 18.3 Å². The summed E-state index contributed by atoms with van der Waals surface area (Å²) < 4.78 is 30.1. The van der Waals surface area contributed by atoms with E-state index in [0.717, 1.165) is 32.4 Å². The first-order chi connectivity index (χ1) is 10.6. The molecule has 2 aromatic heterocycles. The van der Waals surface area contributed by atoms with E-state index >= 15 is 0 Å². The van der Waals surface area contributed by atoms with Gasteiger partial charge in [0.25, 0.3) is 10.0 Å². The number of aromatic nitrogens is 2. The van der Waals surface area contributed by atoms with Crippen molar-refractivity contribution in [1.29, 1.82) is 0 Å². The van der Waals surface area contributed by atoms with Gasteiger partial charge in [-0.2, -0.15) is 0 Å². The number of nitrogens with zero attached hydrogens (tertiary/aromatic N) is 3. The van der Waals surface area contributed by atoms with Crippen LogP contribution in [-0.2, 0) is 10.0 Å². The highest BCUT2D eigenvalue weighted by molar-refractivity contribution is 7.89. The molecule has 2 aromatic rings. The number of pyridine rings is 1. The third-order valence-corrected chi connectivity index (χ3v) is 6.27. The highest BCUT2D eigenvalue weighted by atomic mass is 32.2. The van der Waals surface area contributed by atoms with E-state index in [1.54, 1.807) is 16.7 Å². The molecule has 2 atom stereocenters. The van der Waals surface area contributed by atoms with Gasteiger partial charge < -0.3 is 0 Å². The normalized spacial score (nSPS) is 26.4. The van der Waals surface area contributed by atoms with Crippen LogP contribution in [-0.4, -0.2) is 47.9 Å². The Morgan fingerprint density at radius 1 is 1.18 bits per heavy atom. The van der Waals surface area contributed by atoms with Crippen LogP contribution >= 0.6 is 0 Å². The molecule has 0 unspecified atom stereocenters. The fourth-order valence-corrected chi connectivity index (χ4v) is 5.20. The minimum Gasteiger partial charge on any atom is -0.299 e. The Morgan fingerprint density at radius 2 is 2.00 bits per heavy atom. The summed E-state index contributed by atoms with van der Waals surface area (Å²) in [5, 5.41) is 0.221. The zero-order valence-electron chi connectivity index (χ0n) is 12.4. The lowest BCUT2D eigenvalue weighted by molar-refractivity contribution is 0.166. The summed E-state index contributed by atoms with van der Waals surface area (Å²) in [6, 6.07) is 5.83. The first-order valence-electron chi connectivity index (χ1n) is 7.84. The zero-order chi connectivity index (χ0) is 15.2. The Balaban J connectivity index is 1.63. The molecule has 6 nitrogen and oxygen atoms in total. The topological polar surface area (TPSA) is 66.7 Å². The lowest BCUT2D eigenvalue weighted by Crippen LogP contribution is -2.52. The van der Waals surface area contributed by atoms with Crippen molar-refractivity contribution < 1.29 is 8.42 Å². The van der Waals surface area contributed by atoms with E-state index in [9.17, 15) is 8.42 Å². The van der Waals surface area contributed by atoms with Crippen molar-refractivity contribution in [3.8, 4) is 0 Å². The molecule has 2 fully saturated rings. The molecule has 22 heavy (non-hydrogen) atoms. The van der Waals surface area contributed by atoms with E-state index < -0.39 is 10.0 Å². The third-order valence-electron chi connectivity index (χ3n) is 4.80. The van der Waals surface area contributed by atoms with Crippen LogP contribution in [0, 0.1) is 0 Å². The van der Waals surface area contributed by atoms with Crippen molar-refractivity contribution in [2.45, 2.75) is 42.8 Å². The van der Waals surface area contributed by atoms with Gasteiger partial charge in [-0.15, -0.1) is 0 Å². The maximum atomic E-state index is 12.8. The van der Waals surface area contributed by atoms with Crippen LogP contribution in [0.2, 0.25) is 0 Å². The molecule has 2 aliphatic rings. The Hall–Kier alpha value is -1.44. The van der Waals surface area contributed by atoms with Crippen molar-refractivity contribution in [1.82, 2.24) is 19.0 Å². The van der Waals surface area contributed by atoms with E-state index in [2.05, 4.69) is 14.6 Å². The average molecular weight is 320 g/mol. The van der Waals surface area contributed by atoms with Crippen molar-refractivity contribution in [3.63, 3.8) is 0 Å². The summed E-state index contributed by atoms with van der Waals surface area (Å²) in [7, 11) is -3.56. The second kappa shape index (κ2) is 5.33. The molecule has 4 rings (SSSR count). The fourth-order valence-electron chi connectivity index (χ4n) is 3.80. The predicted molar refractivity (Wildman–Crippen MR) is 83.1 cm³/mol. The SMILES string of the molecule is O=S(=O)(N[C@H]1CCCN2CCC[C@@H]12)c1cnc2ccccn12. The Morgan fingerprint density at radius 3 is 2.86 bits per heavy atom. The zero-order valence-corrected chi connectivity index (χ0v) is 13.2. The molecular formula is C15H20N4O2S. The smallest absolute Gasteiger partial charge is 0.258 e. The van der Waals surface area contributed by atoms with Crippen LogP contribution in [0.1, 0.15) is 25.7 Å². The molecule has 0 bridgehead atoms. The Labute approximate surface area is 130 Å². The van der Waals surface area contributed by atoms with Gasteiger partial charge in [0.15, 0.2) is 5.03 Å². The number of hydrogen-bond acceptors (Lipinski definition) is 4. The summed E-state index contributed by atoms with van der Waals surface area (Å²) in [4.78, 5) is 6.60. The average Bonchev–Trinajstić information content (AvgIpc) is 3.14. The number of fused-ring (bicyclic) bond motifs is 2. The standard InChI is InChI=1S/C15H20N4O2S/c20-22(21,15-11-16-14-7-1-2-10-19(14)15)17-12-5-3-8-18-9-4-6-13(12)18/h1-2,7,10-13,17H,3-6,8-9H2/t12-,13-/m0/s1. The number of hydrogen-bond donors (Lipinski definition) is 1. The van der Waals surface area contributed by atoms with Gasteiger partial charge in [0.1, 0.15) is 5.65 Å². The van der Waals surface area contributed by atoms with Crippen LogP contribution < -0.4 is 4.72 Å². The quantitative estimate of drug-likeness (QED) is 0.924. The molecule has 0 radical (unpaired) electrons. The molecule has 0 aliphatic carbocycles. The Bertz CT molecular complexity index is 786. The molecule has 0 aromatic carbocycles. The van der Waals surface area contributed by atoms with Gasteiger partial charge in [-0.1, -0.05) is 6.07 Å². The third kappa shape index (κ3) is 2.33. The van der Waals surface area contributed by atoms with Gasteiger partial charge in [-0.3, -0.25) is 9.30 Å². The highest BCUT2D eigenvalue weighted by Crippen LogP contribution is 2.28. The van der Waals surface area contributed by atoms with Crippen molar-refractivity contribution >= 4 is 15.7 Å². The molecule has 0 amide bonds. The van der Waals surface area contributed by atoms with Gasteiger partial charge in [0.05, 0.1) is 6.20 Å². The van der Waals surface area contributed by atoms with Crippen molar-refractivity contribution in [3.05, 3.63) is 30.6 Å². The molecule has 0 saturated carbocycles. The van der Waals surface area contributed by atoms with Gasteiger partial charge in [0.2, 0.25) is 0 Å². The summed E-state index contributed by atoms with van der Waals surface area (Å²) in [6.45, 7) is 2.19. The molecule has 118 valence electrons. The number of nitrogens with one attached hydrogen (secondary N) is 1. The number of rotatable bonds is 3. The van der Waals surface area contributed by atoms with Crippen LogP contribution in [0.25, 0.3) is 5.65 Å². The first-order valence-corrected chi connectivity index (χ1v) is 9.32. The monoisotopic (exact) mass is 320 g/mol. The molecule has 0 spiro atoms. The van der Waals surface area contributed by atoms with Gasteiger partial charge >= 0.3 is 0 Å². The first kappa shape index (κ1) is 14.2. The largest absolute Gasteiger partial charge is 0.299 e. The highest BCUT2D eigenvalue weighted by Gasteiger charge is 2.37. The van der Waals surface area contributed by atoms with Crippen LogP contribution in [0.3, 0.4) is 0 Å². The lowest BCUT2D eigenvalue weighted by Gasteiger charge is -2.36. The molecule has 4 heterocycles. The second-order valence-corrected chi connectivity index (χ2v) is 7.80. The van der Waals surface area contributed by atoms with E-state index in [1.807, 2.05) is 12.1 Å². The fraction of sp³-hybridized carbons (Fsp3) is 0.533. The Kier molecular flexibility index (Phi) is 3.43. The van der Waals surface area contributed by atoms with Gasteiger partial charge in [-0.05, 0) is 50.9 Å². The van der Waals surface area contributed by atoms with E-state index in [0.29, 0.717) is 11.7 Å². The number of piperidine rings is 1. The summed E-state index contributed by atoms with van der Waals surface area (Å²) in [5.41, 5.74) is 0.647. The number of imidazole rings is 1. The lowest BCUT2D eigenvalue weighted by atomic mass is 9.97. The minimum absolute atomic E-state index is 0.00973. The number of sulfonamides is 1.